The predicted molar refractivity (Wildman–Crippen MR) is 106 cm³/mol. The summed E-state index contributed by atoms with van der Waals surface area (Å²) in [6.07, 6.45) is 1.33. The van der Waals surface area contributed by atoms with Crippen LogP contribution in [0, 0.1) is 0 Å². The molecule has 0 unspecified atom stereocenters. The molecule has 2 amide bonds. The largest absolute Gasteiger partial charge is 0.482 e. The molecule has 0 saturated carbocycles. The van der Waals surface area contributed by atoms with Crippen LogP contribution < -0.4 is 15.5 Å². The number of ether oxygens (including phenoxy) is 3. The summed E-state index contributed by atoms with van der Waals surface area (Å²) in [5.41, 5.74) is 3.37. The fraction of sp³-hybridized carbons (Fsp3) is 0.150. The average Bonchev–Trinajstić information content (AvgIpc) is 2.78. The van der Waals surface area contributed by atoms with Crippen molar-refractivity contribution in [1.82, 2.24) is 5.43 Å². The van der Waals surface area contributed by atoms with Crippen molar-refractivity contribution in [2.45, 2.75) is 0 Å². The van der Waals surface area contributed by atoms with Crippen LogP contribution in [0.25, 0.3) is 0 Å². The lowest BCUT2D eigenvalue weighted by Crippen LogP contribution is -2.32. The number of carbonyl (C=O) groups is 4. The molecule has 0 aliphatic carbocycles. The van der Waals surface area contributed by atoms with Gasteiger partial charge in [0.1, 0.15) is 5.75 Å². The Hall–Kier alpha value is -4.21. The van der Waals surface area contributed by atoms with Crippen LogP contribution in [0.1, 0.15) is 15.9 Å². The van der Waals surface area contributed by atoms with Gasteiger partial charge >= 0.3 is 23.8 Å². The summed E-state index contributed by atoms with van der Waals surface area (Å²) >= 11 is 0. The van der Waals surface area contributed by atoms with Gasteiger partial charge in [0.2, 0.25) is 0 Å². The Morgan fingerprint density at radius 2 is 1.57 bits per heavy atom. The first kappa shape index (κ1) is 22.1. The third-order valence-electron chi connectivity index (χ3n) is 3.61. The highest BCUT2D eigenvalue weighted by Crippen LogP contribution is 2.11. The maximum atomic E-state index is 11.9. The molecular weight excluding hydrogens is 394 g/mol. The van der Waals surface area contributed by atoms with E-state index >= 15 is 0 Å². The predicted octanol–water partition coefficient (Wildman–Crippen LogP) is 1.11. The quantitative estimate of drug-likeness (QED) is 0.301. The van der Waals surface area contributed by atoms with Gasteiger partial charge in [-0.2, -0.15) is 5.10 Å². The number of hydrogen-bond donors (Lipinski definition) is 2. The first-order valence-corrected chi connectivity index (χ1v) is 8.55. The average molecular weight is 413 g/mol. The zero-order chi connectivity index (χ0) is 21.9. The zero-order valence-electron chi connectivity index (χ0n) is 16.2. The van der Waals surface area contributed by atoms with Gasteiger partial charge in [0.25, 0.3) is 0 Å². The summed E-state index contributed by atoms with van der Waals surface area (Å²) in [7, 11) is 2.52. The molecule has 2 aromatic carbocycles. The zero-order valence-corrected chi connectivity index (χ0v) is 16.2. The summed E-state index contributed by atoms with van der Waals surface area (Å²) in [5.74, 6) is -2.45. The minimum atomic E-state index is -0.971. The molecule has 0 aliphatic heterocycles. The highest BCUT2D eigenvalue weighted by Gasteiger charge is 2.13. The Morgan fingerprint density at radius 3 is 2.17 bits per heavy atom. The van der Waals surface area contributed by atoms with Gasteiger partial charge in [-0.3, -0.25) is 9.59 Å². The molecule has 30 heavy (non-hydrogen) atoms. The molecule has 0 saturated heterocycles. The van der Waals surface area contributed by atoms with Crippen LogP contribution in [0.5, 0.6) is 5.75 Å². The highest BCUT2D eigenvalue weighted by atomic mass is 16.6. The lowest BCUT2D eigenvalue weighted by molar-refractivity contribution is -0.142. The van der Waals surface area contributed by atoms with Crippen molar-refractivity contribution >= 4 is 35.7 Å². The Bertz CT molecular complexity index is 938. The van der Waals surface area contributed by atoms with E-state index in [1.807, 2.05) is 0 Å². The number of amides is 2. The van der Waals surface area contributed by atoms with Crippen LogP contribution in [0.2, 0.25) is 0 Å². The first-order valence-electron chi connectivity index (χ1n) is 8.55. The van der Waals surface area contributed by atoms with E-state index in [1.54, 1.807) is 24.3 Å². The van der Waals surface area contributed by atoms with Crippen molar-refractivity contribution < 1.29 is 33.4 Å². The van der Waals surface area contributed by atoms with Crippen molar-refractivity contribution in [2.75, 3.05) is 26.1 Å². The van der Waals surface area contributed by atoms with Gasteiger partial charge in [0.15, 0.2) is 6.61 Å². The normalized spacial score (nSPS) is 10.2. The van der Waals surface area contributed by atoms with Crippen molar-refractivity contribution in [3.63, 3.8) is 0 Å². The molecule has 2 rings (SSSR count). The molecule has 0 aromatic heterocycles. The minimum Gasteiger partial charge on any atom is -0.482 e. The third-order valence-corrected chi connectivity index (χ3v) is 3.61. The van der Waals surface area contributed by atoms with Gasteiger partial charge in [0.05, 0.1) is 26.0 Å². The van der Waals surface area contributed by atoms with E-state index in [9.17, 15) is 19.2 Å². The Labute approximate surface area is 171 Å². The number of rotatable bonds is 7. The van der Waals surface area contributed by atoms with E-state index in [0.29, 0.717) is 22.6 Å². The second-order valence-electron chi connectivity index (χ2n) is 5.66. The van der Waals surface area contributed by atoms with E-state index < -0.39 is 23.8 Å². The van der Waals surface area contributed by atoms with Crippen molar-refractivity contribution in [2.24, 2.45) is 5.10 Å². The molecule has 10 heteroatoms. The number of nitrogens with one attached hydrogen (secondary N) is 2. The molecule has 0 heterocycles. The number of carbonyl (C=O) groups excluding carboxylic acids is 4. The summed E-state index contributed by atoms with van der Waals surface area (Å²) in [6.45, 7) is -0.208. The molecule has 2 aromatic rings. The van der Waals surface area contributed by atoms with Crippen molar-refractivity contribution in [1.29, 1.82) is 0 Å². The first-order chi connectivity index (χ1) is 14.4. The fourth-order valence-corrected chi connectivity index (χ4v) is 2.06. The molecule has 0 bridgehead atoms. The van der Waals surface area contributed by atoms with E-state index in [-0.39, 0.29) is 6.61 Å². The fourth-order valence-electron chi connectivity index (χ4n) is 2.06. The molecule has 0 atom stereocenters. The van der Waals surface area contributed by atoms with Crippen molar-refractivity contribution in [3.8, 4) is 5.75 Å². The molecule has 0 spiro atoms. The molecule has 0 fully saturated rings. The summed E-state index contributed by atoms with van der Waals surface area (Å²) in [6, 6.07) is 12.3. The second-order valence-corrected chi connectivity index (χ2v) is 5.66. The maximum Gasteiger partial charge on any atom is 0.343 e. The van der Waals surface area contributed by atoms with Crippen LogP contribution in [0.4, 0.5) is 5.69 Å². The molecular formula is C20H19N3O7. The van der Waals surface area contributed by atoms with Crippen LogP contribution >= 0.6 is 0 Å². The smallest absolute Gasteiger partial charge is 0.343 e. The van der Waals surface area contributed by atoms with E-state index in [4.69, 9.17) is 4.74 Å². The van der Waals surface area contributed by atoms with Gasteiger partial charge in [-0.1, -0.05) is 0 Å². The monoisotopic (exact) mass is 413 g/mol. The van der Waals surface area contributed by atoms with Gasteiger partial charge in [-0.05, 0) is 54.1 Å². The molecule has 156 valence electrons. The Balaban J connectivity index is 1.82. The van der Waals surface area contributed by atoms with Gasteiger partial charge in [0, 0.05) is 5.69 Å². The number of hydrogen-bond acceptors (Lipinski definition) is 8. The van der Waals surface area contributed by atoms with E-state index in [0.717, 1.165) is 0 Å². The minimum absolute atomic E-state index is 0.208. The van der Waals surface area contributed by atoms with Gasteiger partial charge in [-0.15, -0.1) is 0 Å². The summed E-state index contributed by atoms with van der Waals surface area (Å²) < 4.78 is 14.3. The van der Waals surface area contributed by atoms with Crippen LogP contribution in [0.3, 0.4) is 0 Å². The molecule has 0 aliphatic rings. The topological polar surface area (TPSA) is 132 Å². The number of benzene rings is 2. The summed E-state index contributed by atoms with van der Waals surface area (Å²) in [5, 5.41) is 6.09. The van der Waals surface area contributed by atoms with Gasteiger partial charge < -0.3 is 19.5 Å². The number of nitrogens with zero attached hydrogens (tertiary/aromatic N) is 1. The number of hydrazone groups is 1. The van der Waals surface area contributed by atoms with Crippen LogP contribution in [-0.4, -0.2) is 50.8 Å². The molecule has 2 N–H and O–H groups in total. The Morgan fingerprint density at radius 1 is 0.900 bits per heavy atom. The number of methoxy groups -OCH3 is 2. The van der Waals surface area contributed by atoms with Crippen LogP contribution in [0.15, 0.2) is 53.6 Å². The van der Waals surface area contributed by atoms with Crippen molar-refractivity contribution in [3.05, 3.63) is 59.7 Å². The van der Waals surface area contributed by atoms with E-state index in [1.165, 1.54) is 44.7 Å². The number of esters is 2. The van der Waals surface area contributed by atoms with Gasteiger partial charge in [-0.25, -0.2) is 15.0 Å². The lowest BCUT2D eigenvalue weighted by atomic mass is 10.2. The standard InChI is InChI=1S/C20H19N3O7/c1-28-17(24)12-30-16-9-3-13(4-10-16)11-21-23-19(26)18(25)22-15-7-5-14(6-8-15)20(27)29-2/h3-11H,12H2,1-2H3,(H,22,25)(H,23,26)/b21-11+. The second kappa shape index (κ2) is 11.0. The number of anilines is 1. The lowest BCUT2D eigenvalue weighted by Gasteiger charge is -2.05. The molecule has 10 nitrogen and oxygen atoms in total. The SMILES string of the molecule is COC(=O)COc1ccc(/C=N/NC(=O)C(=O)Nc2ccc(C(=O)OC)cc2)cc1. The van der Waals surface area contributed by atoms with E-state index in [2.05, 4.69) is 25.3 Å². The molecule has 0 radical (unpaired) electrons. The Kier molecular flexibility index (Phi) is 8.06. The third kappa shape index (κ3) is 6.75. The maximum absolute atomic E-state index is 11.9. The highest BCUT2D eigenvalue weighted by molar-refractivity contribution is 6.39. The summed E-state index contributed by atoms with van der Waals surface area (Å²) in [4.78, 5) is 46.1. The van der Waals surface area contributed by atoms with Crippen LogP contribution in [-0.2, 0) is 23.9 Å².